The fraction of sp³-hybridized carbons (Fsp3) is 0.611. The lowest BCUT2D eigenvalue weighted by atomic mass is 9.84. The van der Waals surface area contributed by atoms with E-state index in [0.717, 1.165) is 32.4 Å². The second-order valence-corrected chi connectivity index (χ2v) is 6.99. The number of likely N-dealkylation sites (tertiary alicyclic amines) is 1. The molecule has 0 bridgehead atoms. The van der Waals surface area contributed by atoms with Gasteiger partial charge in [-0.3, -0.25) is 9.69 Å². The molecule has 1 saturated carbocycles. The van der Waals surface area contributed by atoms with Crippen molar-refractivity contribution in [1.29, 1.82) is 0 Å². The highest BCUT2D eigenvalue weighted by Crippen LogP contribution is 2.31. The van der Waals surface area contributed by atoms with Gasteiger partial charge < -0.3 is 10.0 Å². The Balaban J connectivity index is 1.44. The average molecular weight is 300 g/mol. The maximum atomic E-state index is 12.4. The molecule has 1 N–H and O–H groups in total. The molecule has 0 radical (unpaired) electrons. The summed E-state index contributed by atoms with van der Waals surface area (Å²) in [7, 11) is 0. The van der Waals surface area contributed by atoms with Gasteiger partial charge in [0.2, 0.25) is 5.91 Å². The molecule has 2 atom stereocenters. The van der Waals surface area contributed by atoms with Crippen molar-refractivity contribution in [2.24, 2.45) is 5.92 Å². The van der Waals surface area contributed by atoms with Crippen LogP contribution in [0.15, 0.2) is 24.3 Å². The number of aliphatic hydroxyl groups excluding tert-OH is 1. The van der Waals surface area contributed by atoms with Crippen LogP contribution in [0.25, 0.3) is 0 Å². The maximum Gasteiger partial charge on any atom is 0.225 e. The van der Waals surface area contributed by atoms with Gasteiger partial charge in [-0.2, -0.15) is 0 Å². The van der Waals surface area contributed by atoms with E-state index in [4.69, 9.17) is 0 Å². The number of β-amino-alcohol motifs (C(OH)–C–C–N with tert-alkyl or cyclic N) is 1. The van der Waals surface area contributed by atoms with Crippen LogP contribution in [0.3, 0.4) is 0 Å². The molecule has 1 saturated heterocycles. The summed E-state index contributed by atoms with van der Waals surface area (Å²) in [4.78, 5) is 16.7. The number of rotatable bonds is 2. The minimum absolute atomic E-state index is 0.0948. The van der Waals surface area contributed by atoms with Gasteiger partial charge in [-0.05, 0) is 30.4 Å². The van der Waals surface area contributed by atoms with E-state index in [1.165, 1.54) is 17.5 Å². The third-order valence-corrected chi connectivity index (χ3v) is 5.65. The molecule has 4 nitrogen and oxygen atoms in total. The number of aliphatic hydroxyl groups is 1. The van der Waals surface area contributed by atoms with Gasteiger partial charge in [0.1, 0.15) is 0 Å². The second kappa shape index (κ2) is 5.67. The van der Waals surface area contributed by atoms with E-state index in [-0.39, 0.29) is 17.9 Å². The average Bonchev–Trinajstić information content (AvgIpc) is 2.87. The Hall–Kier alpha value is -1.39. The Labute approximate surface area is 131 Å². The Bertz CT molecular complexity index is 570. The second-order valence-electron chi connectivity index (χ2n) is 6.99. The first-order chi connectivity index (χ1) is 10.7. The van der Waals surface area contributed by atoms with Gasteiger partial charge >= 0.3 is 0 Å². The van der Waals surface area contributed by atoms with Crippen molar-refractivity contribution < 1.29 is 9.90 Å². The maximum absolute atomic E-state index is 12.4. The van der Waals surface area contributed by atoms with E-state index in [9.17, 15) is 9.90 Å². The van der Waals surface area contributed by atoms with Crippen LogP contribution in [-0.4, -0.2) is 52.6 Å². The third kappa shape index (κ3) is 2.44. The largest absolute Gasteiger partial charge is 0.390 e. The first-order valence-corrected chi connectivity index (χ1v) is 8.50. The quantitative estimate of drug-likeness (QED) is 0.898. The number of hydrogen-bond donors (Lipinski definition) is 1. The van der Waals surface area contributed by atoms with Crippen LogP contribution in [-0.2, 0) is 17.8 Å². The number of amides is 1. The highest BCUT2D eigenvalue weighted by atomic mass is 16.3. The summed E-state index contributed by atoms with van der Waals surface area (Å²) in [5, 5.41) is 10.4. The summed E-state index contributed by atoms with van der Waals surface area (Å²) in [5.74, 6) is 0.498. The van der Waals surface area contributed by atoms with E-state index < -0.39 is 6.10 Å². The first-order valence-electron chi connectivity index (χ1n) is 8.50. The summed E-state index contributed by atoms with van der Waals surface area (Å²) in [6.07, 6.45) is 3.88. The normalized spacial score (nSPS) is 29.2. The molecule has 1 aliphatic carbocycles. The standard InChI is InChI=1S/C18H24N2O2/c21-17-12-20(18(22)14-6-3-7-14)11-16(17)19-9-8-13-4-1-2-5-15(13)10-19/h1-2,4-5,14,16-17,21H,3,6-12H2/t16-,17-/m1/s1. The summed E-state index contributed by atoms with van der Waals surface area (Å²) < 4.78 is 0. The van der Waals surface area contributed by atoms with Gasteiger partial charge in [0.05, 0.1) is 12.1 Å². The van der Waals surface area contributed by atoms with Gasteiger partial charge in [-0.25, -0.2) is 0 Å². The monoisotopic (exact) mass is 300 g/mol. The zero-order chi connectivity index (χ0) is 15.1. The minimum Gasteiger partial charge on any atom is -0.390 e. The van der Waals surface area contributed by atoms with Crippen molar-refractivity contribution in [3.05, 3.63) is 35.4 Å². The number of carbonyl (C=O) groups is 1. The number of carbonyl (C=O) groups excluding carboxylic acids is 1. The number of benzene rings is 1. The first kappa shape index (κ1) is 14.2. The Morgan fingerprint density at radius 1 is 1.14 bits per heavy atom. The molecule has 1 amide bonds. The van der Waals surface area contributed by atoms with Crippen LogP contribution in [0, 0.1) is 5.92 Å². The lowest BCUT2D eigenvalue weighted by Crippen LogP contribution is -2.46. The zero-order valence-electron chi connectivity index (χ0n) is 12.9. The molecule has 3 aliphatic rings. The van der Waals surface area contributed by atoms with Crippen molar-refractivity contribution in [3.63, 3.8) is 0 Å². The van der Waals surface area contributed by atoms with Crippen LogP contribution in [0.4, 0.5) is 0 Å². The SMILES string of the molecule is O=C(C1CCC1)N1C[C@@H](O)[C@H](N2CCc3ccccc3C2)C1. The summed E-state index contributed by atoms with van der Waals surface area (Å²) in [5.41, 5.74) is 2.79. The van der Waals surface area contributed by atoms with E-state index >= 15 is 0 Å². The van der Waals surface area contributed by atoms with E-state index in [1.807, 2.05) is 4.90 Å². The smallest absolute Gasteiger partial charge is 0.225 e. The summed E-state index contributed by atoms with van der Waals surface area (Å²) in [6, 6.07) is 8.65. The molecular weight excluding hydrogens is 276 g/mol. The number of hydrogen-bond acceptors (Lipinski definition) is 3. The molecule has 0 unspecified atom stereocenters. The molecule has 4 rings (SSSR count). The van der Waals surface area contributed by atoms with Gasteiger partial charge in [0, 0.05) is 32.1 Å². The van der Waals surface area contributed by atoms with Gasteiger partial charge in [-0.1, -0.05) is 30.7 Å². The molecular formula is C18H24N2O2. The van der Waals surface area contributed by atoms with Crippen LogP contribution in [0.1, 0.15) is 30.4 Å². The van der Waals surface area contributed by atoms with Gasteiger partial charge in [0.25, 0.3) is 0 Å². The van der Waals surface area contributed by atoms with Crippen LogP contribution in [0.2, 0.25) is 0 Å². The number of fused-ring (bicyclic) bond motifs is 1. The summed E-state index contributed by atoms with van der Waals surface area (Å²) in [6.45, 7) is 3.07. The van der Waals surface area contributed by atoms with E-state index in [2.05, 4.69) is 29.2 Å². The fourth-order valence-corrected chi connectivity index (χ4v) is 4.02. The molecule has 1 aromatic rings. The molecule has 22 heavy (non-hydrogen) atoms. The van der Waals surface area contributed by atoms with Crippen molar-refractivity contribution in [2.75, 3.05) is 19.6 Å². The molecule has 0 aromatic heterocycles. The molecule has 0 spiro atoms. The lowest BCUT2D eigenvalue weighted by molar-refractivity contribution is -0.137. The Kier molecular flexibility index (Phi) is 3.66. The molecule has 2 fully saturated rings. The number of nitrogens with zero attached hydrogens (tertiary/aromatic N) is 2. The van der Waals surface area contributed by atoms with Crippen molar-refractivity contribution >= 4 is 5.91 Å². The molecule has 118 valence electrons. The van der Waals surface area contributed by atoms with Crippen LogP contribution < -0.4 is 0 Å². The van der Waals surface area contributed by atoms with Crippen molar-refractivity contribution in [2.45, 2.75) is 44.4 Å². The van der Waals surface area contributed by atoms with Gasteiger partial charge in [-0.15, -0.1) is 0 Å². The van der Waals surface area contributed by atoms with Crippen molar-refractivity contribution in [3.8, 4) is 0 Å². The summed E-state index contributed by atoms with van der Waals surface area (Å²) >= 11 is 0. The fourth-order valence-electron chi connectivity index (χ4n) is 4.02. The van der Waals surface area contributed by atoms with Crippen LogP contribution in [0.5, 0.6) is 0 Å². The molecule has 2 aliphatic heterocycles. The Morgan fingerprint density at radius 3 is 2.64 bits per heavy atom. The van der Waals surface area contributed by atoms with Crippen molar-refractivity contribution in [1.82, 2.24) is 9.80 Å². The zero-order valence-corrected chi connectivity index (χ0v) is 12.9. The third-order valence-electron chi connectivity index (χ3n) is 5.65. The highest BCUT2D eigenvalue weighted by Gasteiger charge is 2.41. The van der Waals surface area contributed by atoms with E-state index in [0.29, 0.717) is 13.1 Å². The predicted molar refractivity (Wildman–Crippen MR) is 84.3 cm³/mol. The topological polar surface area (TPSA) is 43.8 Å². The van der Waals surface area contributed by atoms with E-state index in [1.54, 1.807) is 0 Å². The van der Waals surface area contributed by atoms with Gasteiger partial charge in [0.15, 0.2) is 0 Å². The molecule has 2 heterocycles. The highest BCUT2D eigenvalue weighted by molar-refractivity contribution is 5.80. The Morgan fingerprint density at radius 2 is 1.91 bits per heavy atom. The predicted octanol–water partition coefficient (Wildman–Crippen LogP) is 1.42. The minimum atomic E-state index is -0.408. The van der Waals surface area contributed by atoms with Crippen LogP contribution >= 0.6 is 0 Å². The molecule has 1 aromatic carbocycles. The molecule has 4 heteroatoms. The lowest BCUT2D eigenvalue weighted by Gasteiger charge is -2.35.